The van der Waals surface area contributed by atoms with Gasteiger partial charge in [0.25, 0.3) is 0 Å². The molecule has 0 aliphatic heterocycles. The zero-order chi connectivity index (χ0) is 14.5. The average Bonchev–Trinajstić information content (AvgIpc) is 2.42. The van der Waals surface area contributed by atoms with Crippen molar-refractivity contribution in [1.82, 2.24) is 0 Å². The van der Waals surface area contributed by atoms with Gasteiger partial charge in [0, 0.05) is 21.2 Å². The van der Waals surface area contributed by atoms with Crippen molar-refractivity contribution in [1.29, 1.82) is 0 Å². The van der Waals surface area contributed by atoms with Crippen LogP contribution in [0.25, 0.3) is 0 Å². The fraction of sp³-hybridized carbons (Fsp3) is 0. The molecule has 2 rings (SSSR count). The Kier molecular flexibility index (Phi) is 4.61. The van der Waals surface area contributed by atoms with E-state index in [1.807, 2.05) is 0 Å². The molecule has 0 fully saturated rings. The number of carbonyl (C=O) groups is 1. The lowest BCUT2D eigenvalue weighted by Gasteiger charge is -2.06. The molecule has 20 heavy (non-hydrogen) atoms. The molecule has 0 radical (unpaired) electrons. The van der Waals surface area contributed by atoms with E-state index in [2.05, 4.69) is 9.99 Å². The molecular weight excluding hydrogens is 299 g/mol. The molecule has 2 aromatic rings. The number of oxime groups is 1. The topological polar surface area (TPSA) is 64.7 Å². The first-order chi connectivity index (χ1) is 9.56. The summed E-state index contributed by atoms with van der Waals surface area (Å²) in [5.41, 5.74) is 6.86. The summed E-state index contributed by atoms with van der Waals surface area (Å²) in [7, 11) is 0. The maximum atomic E-state index is 10.7. The van der Waals surface area contributed by atoms with E-state index in [0.29, 0.717) is 15.8 Å². The van der Waals surface area contributed by atoms with Gasteiger partial charge in [0.1, 0.15) is 5.71 Å². The highest BCUT2D eigenvalue weighted by Crippen LogP contribution is 2.17. The summed E-state index contributed by atoms with van der Waals surface area (Å²) in [6, 6.07) is 13.9. The standard InChI is InChI=1S/C14H10Cl2N2O2/c15-11-5-1-9(2-6-11)13(18-20-14(17)19)10-3-7-12(16)8-4-10/h1-8H,(H2,17,19). The third kappa shape index (κ3) is 3.73. The number of halogens is 2. The maximum absolute atomic E-state index is 10.7. The molecular formula is C14H10Cl2N2O2. The predicted molar refractivity (Wildman–Crippen MR) is 79.2 cm³/mol. The van der Waals surface area contributed by atoms with E-state index in [-0.39, 0.29) is 0 Å². The van der Waals surface area contributed by atoms with Crippen LogP contribution in [0.2, 0.25) is 10.0 Å². The largest absolute Gasteiger partial charge is 0.430 e. The van der Waals surface area contributed by atoms with Crippen LogP contribution in [0, 0.1) is 0 Å². The van der Waals surface area contributed by atoms with Gasteiger partial charge in [0.15, 0.2) is 0 Å². The molecule has 1 amide bonds. The third-order valence-electron chi connectivity index (χ3n) is 2.46. The molecule has 102 valence electrons. The number of hydrogen-bond acceptors (Lipinski definition) is 3. The Balaban J connectivity index is 2.44. The van der Waals surface area contributed by atoms with Crippen LogP contribution in [0.1, 0.15) is 11.1 Å². The van der Waals surface area contributed by atoms with E-state index >= 15 is 0 Å². The molecule has 0 saturated heterocycles. The van der Waals surface area contributed by atoms with Crippen molar-refractivity contribution >= 4 is 35.0 Å². The second kappa shape index (κ2) is 6.41. The van der Waals surface area contributed by atoms with Gasteiger partial charge in [-0.15, -0.1) is 0 Å². The number of benzene rings is 2. The van der Waals surface area contributed by atoms with E-state index in [1.165, 1.54) is 0 Å². The Bertz CT molecular complexity index is 590. The summed E-state index contributed by atoms with van der Waals surface area (Å²) in [5.74, 6) is 0. The predicted octanol–water partition coefficient (Wildman–Crippen LogP) is 3.84. The number of primary amides is 1. The molecule has 0 atom stereocenters. The van der Waals surface area contributed by atoms with Crippen LogP contribution < -0.4 is 5.73 Å². The monoisotopic (exact) mass is 308 g/mol. The molecule has 0 unspecified atom stereocenters. The molecule has 0 saturated carbocycles. The van der Waals surface area contributed by atoms with Crippen LogP contribution in [-0.4, -0.2) is 11.8 Å². The van der Waals surface area contributed by atoms with Gasteiger partial charge >= 0.3 is 6.09 Å². The fourth-order valence-corrected chi connectivity index (χ4v) is 1.83. The summed E-state index contributed by atoms with van der Waals surface area (Å²) >= 11 is 11.7. The van der Waals surface area contributed by atoms with Gasteiger partial charge in [-0.25, -0.2) is 4.79 Å². The third-order valence-corrected chi connectivity index (χ3v) is 2.97. The molecule has 0 spiro atoms. The van der Waals surface area contributed by atoms with Crippen LogP contribution in [0.15, 0.2) is 53.7 Å². The normalized spacial score (nSPS) is 9.90. The smallest absolute Gasteiger partial charge is 0.333 e. The highest BCUT2D eigenvalue weighted by atomic mass is 35.5. The van der Waals surface area contributed by atoms with Gasteiger partial charge in [-0.2, -0.15) is 0 Å². The number of nitrogens with two attached hydrogens (primary N) is 1. The van der Waals surface area contributed by atoms with E-state index in [0.717, 1.165) is 11.1 Å². The van der Waals surface area contributed by atoms with E-state index < -0.39 is 6.09 Å². The molecule has 0 heterocycles. The summed E-state index contributed by atoms with van der Waals surface area (Å²) in [6.07, 6.45) is -0.981. The van der Waals surface area contributed by atoms with Crippen molar-refractivity contribution in [2.24, 2.45) is 10.9 Å². The Hall–Kier alpha value is -2.04. The molecule has 6 heteroatoms. The van der Waals surface area contributed by atoms with E-state index in [9.17, 15) is 4.79 Å². The van der Waals surface area contributed by atoms with E-state index in [4.69, 9.17) is 28.9 Å². The number of rotatable bonds is 3. The quantitative estimate of drug-likeness (QED) is 0.532. The first kappa shape index (κ1) is 14.4. The van der Waals surface area contributed by atoms with Crippen LogP contribution in [-0.2, 0) is 4.84 Å². The minimum Gasteiger partial charge on any atom is -0.333 e. The molecule has 2 aromatic carbocycles. The first-order valence-electron chi connectivity index (χ1n) is 5.62. The second-order valence-corrected chi connectivity index (χ2v) is 4.74. The molecule has 0 aromatic heterocycles. The Morgan fingerprint density at radius 2 is 1.30 bits per heavy atom. The fourth-order valence-electron chi connectivity index (χ4n) is 1.58. The zero-order valence-electron chi connectivity index (χ0n) is 10.2. The van der Waals surface area contributed by atoms with Gasteiger partial charge in [0.05, 0.1) is 0 Å². The lowest BCUT2D eigenvalue weighted by Crippen LogP contribution is -2.12. The van der Waals surface area contributed by atoms with Crippen molar-refractivity contribution in [2.75, 3.05) is 0 Å². The van der Waals surface area contributed by atoms with Gasteiger partial charge in [0.2, 0.25) is 0 Å². The minimum absolute atomic E-state index is 0.456. The second-order valence-electron chi connectivity index (χ2n) is 3.86. The zero-order valence-corrected chi connectivity index (χ0v) is 11.7. The SMILES string of the molecule is NC(=O)ON=C(c1ccc(Cl)cc1)c1ccc(Cl)cc1. The summed E-state index contributed by atoms with van der Waals surface area (Å²) < 4.78 is 0. The Morgan fingerprint density at radius 1 is 0.900 bits per heavy atom. The molecule has 2 N–H and O–H groups in total. The van der Waals surface area contributed by atoms with Crippen molar-refractivity contribution in [3.63, 3.8) is 0 Å². The Labute approximate surface area is 125 Å². The van der Waals surface area contributed by atoms with Crippen LogP contribution in [0.5, 0.6) is 0 Å². The van der Waals surface area contributed by atoms with Gasteiger partial charge < -0.3 is 5.73 Å². The molecule has 0 aliphatic carbocycles. The van der Waals surface area contributed by atoms with Crippen LogP contribution in [0.4, 0.5) is 4.79 Å². The first-order valence-corrected chi connectivity index (χ1v) is 6.38. The van der Waals surface area contributed by atoms with Gasteiger partial charge in [-0.1, -0.05) is 52.6 Å². The van der Waals surface area contributed by atoms with Crippen molar-refractivity contribution < 1.29 is 9.63 Å². The number of hydrogen-bond donors (Lipinski definition) is 1. The van der Waals surface area contributed by atoms with E-state index in [1.54, 1.807) is 48.5 Å². The molecule has 4 nitrogen and oxygen atoms in total. The van der Waals surface area contributed by atoms with Crippen LogP contribution >= 0.6 is 23.2 Å². The molecule has 0 aliphatic rings. The number of carbonyl (C=O) groups excluding carboxylic acids is 1. The van der Waals surface area contributed by atoms with Gasteiger partial charge in [-0.05, 0) is 24.3 Å². The molecule has 0 bridgehead atoms. The van der Waals surface area contributed by atoms with Crippen LogP contribution in [0.3, 0.4) is 0 Å². The summed E-state index contributed by atoms with van der Waals surface area (Å²) in [4.78, 5) is 15.3. The van der Waals surface area contributed by atoms with Gasteiger partial charge in [-0.3, -0.25) is 4.84 Å². The highest BCUT2D eigenvalue weighted by molar-refractivity contribution is 6.31. The lowest BCUT2D eigenvalue weighted by molar-refractivity contribution is 0.162. The lowest BCUT2D eigenvalue weighted by atomic mass is 10.0. The number of nitrogens with zero attached hydrogens (tertiary/aromatic N) is 1. The summed E-state index contributed by atoms with van der Waals surface area (Å²) in [6.45, 7) is 0. The maximum Gasteiger partial charge on any atom is 0.430 e. The highest BCUT2D eigenvalue weighted by Gasteiger charge is 2.09. The van der Waals surface area contributed by atoms with Crippen molar-refractivity contribution in [3.05, 3.63) is 69.7 Å². The summed E-state index contributed by atoms with van der Waals surface area (Å²) in [5, 5.41) is 4.97. The number of amides is 1. The van der Waals surface area contributed by atoms with Crippen molar-refractivity contribution in [2.45, 2.75) is 0 Å². The Morgan fingerprint density at radius 3 is 1.65 bits per heavy atom. The van der Waals surface area contributed by atoms with Crippen molar-refractivity contribution in [3.8, 4) is 0 Å². The average molecular weight is 309 g/mol. The minimum atomic E-state index is -0.981.